The second kappa shape index (κ2) is 4.41. The van der Waals surface area contributed by atoms with Crippen molar-refractivity contribution in [2.75, 3.05) is 25.4 Å². The predicted molar refractivity (Wildman–Crippen MR) is 60.7 cm³/mol. The van der Waals surface area contributed by atoms with Crippen molar-refractivity contribution in [1.82, 2.24) is 4.90 Å². The second-order valence-electron chi connectivity index (χ2n) is 5.25. The summed E-state index contributed by atoms with van der Waals surface area (Å²) in [6.45, 7) is 2.14. The predicted octanol–water partition coefficient (Wildman–Crippen LogP) is 2.97. The Morgan fingerprint density at radius 3 is 2.12 bits per heavy atom. The molecule has 1 nitrogen and oxygen atoms in total. The number of rotatable bonds is 3. The number of piperidine rings is 1. The average Bonchev–Trinajstić information content (AvgIpc) is 2.98. The summed E-state index contributed by atoms with van der Waals surface area (Å²) < 4.78 is 37.4. The van der Waals surface area contributed by atoms with Crippen LogP contribution in [0.5, 0.6) is 0 Å². The molecule has 1 aliphatic heterocycles. The Morgan fingerprint density at radius 2 is 1.75 bits per heavy atom. The van der Waals surface area contributed by atoms with E-state index in [0.717, 1.165) is 12.3 Å². The van der Waals surface area contributed by atoms with Crippen molar-refractivity contribution in [3.05, 3.63) is 0 Å². The zero-order valence-electron chi connectivity index (χ0n) is 9.26. The lowest BCUT2D eigenvalue weighted by Crippen LogP contribution is -2.41. The molecule has 1 aliphatic carbocycles. The number of hydrogen-bond donors (Lipinski definition) is 1. The highest BCUT2D eigenvalue weighted by atomic mass is 32.1. The lowest BCUT2D eigenvalue weighted by atomic mass is 9.95. The molecule has 2 fully saturated rings. The van der Waals surface area contributed by atoms with Crippen LogP contribution in [0.2, 0.25) is 0 Å². The van der Waals surface area contributed by atoms with E-state index in [9.17, 15) is 13.2 Å². The minimum Gasteiger partial charge on any atom is -0.303 e. The molecule has 0 radical (unpaired) electrons. The third kappa shape index (κ3) is 2.86. The Hall–Kier alpha value is 0.100. The molecule has 0 unspecified atom stereocenters. The van der Waals surface area contributed by atoms with E-state index in [4.69, 9.17) is 0 Å². The summed E-state index contributed by atoms with van der Waals surface area (Å²) in [4.78, 5) is 2.19. The highest BCUT2D eigenvalue weighted by molar-refractivity contribution is 7.80. The zero-order chi connectivity index (χ0) is 11.8. The van der Waals surface area contributed by atoms with E-state index in [1.54, 1.807) is 0 Å². The van der Waals surface area contributed by atoms with E-state index in [0.29, 0.717) is 18.5 Å². The Morgan fingerprint density at radius 1 is 1.19 bits per heavy atom. The molecule has 1 heterocycles. The molecule has 94 valence electrons. The second-order valence-corrected chi connectivity index (χ2v) is 5.57. The van der Waals surface area contributed by atoms with Crippen LogP contribution in [0.25, 0.3) is 0 Å². The first-order chi connectivity index (χ1) is 7.45. The van der Waals surface area contributed by atoms with Gasteiger partial charge in [0.15, 0.2) is 0 Å². The first-order valence-electron chi connectivity index (χ1n) is 5.85. The molecule has 0 aromatic heterocycles. The van der Waals surface area contributed by atoms with Crippen LogP contribution in [0.1, 0.15) is 25.7 Å². The fourth-order valence-electron chi connectivity index (χ4n) is 2.44. The van der Waals surface area contributed by atoms with Crippen LogP contribution in [0.4, 0.5) is 13.2 Å². The first kappa shape index (κ1) is 12.6. The van der Waals surface area contributed by atoms with Crippen LogP contribution in [0.15, 0.2) is 0 Å². The van der Waals surface area contributed by atoms with Gasteiger partial charge in [0, 0.05) is 6.54 Å². The maximum absolute atomic E-state index is 12.5. The number of thiol groups is 1. The van der Waals surface area contributed by atoms with Gasteiger partial charge >= 0.3 is 6.18 Å². The van der Waals surface area contributed by atoms with Crippen LogP contribution in [0, 0.1) is 11.3 Å². The van der Waals surface area contributed by atoms with Gasteiger partial charge in [0.1, 0.15) is 0 Å². The smallest absolute Gasteiger partial charge is 0.303 e. The van der Waals surface area contributed by atoms with Crippen LogP contribution in [0.3, 0.4) is 0 Å². The van der Waals surface area contributed by atoms with E-state index in [1.165, 1.54) is 12.8 Å². The molecule has 16 heavy (non-hydrogen) atoms. The summed E-state index contributed by atoms with van der Waals surface area (Å²) in [6, 6.07) is 0. The summed E-state index contributed by atoms with van der Waals surface area (Å²) in [5, 5.41) is 0. The molecule has 5 heteroatoms. The van der Waals surface area contributed by atoms with E-state index >= 15 is 0 Å². The zero-order valence-corrected chi connectivity index (χ0v) is 10.2. The third-order valence-electron chi connectivity index (χ3n) is 3.90. The van der Waals surface area contributed by atoms with Gasteiger partial charge in [-0.2, -0.15) is 25.8 Å². The molecule has 0 bridgehead atoms. The topological polar surface area (TPSA) is 3.24 Å². The fourth-order valence-corrected chi connectivity index (χ4v) is 2.85. The van der Waals surface area contributed by atoms with Gasteiger partial charge < -0.3 is 4.90 Å². The summed E-state index contributed by atoms with van der Waals surface area (Å²) in [6.07, 6.45) is -1.07. The summed E-state index contributed by atoms with van der Waals surface area (Å²) >= 11 is 4.32. The molecule has 0 N–H and O–H groups in total. The molecule has 0 amide bonds. The maximum atomic E-state index is 12.5. The molecule has 0 aromatic carbocycles. The molecule has 1 saturated heterocycles. The van der Waals surface area contributed by atoms with Crippen molar-refractivity contribution < 1.29 is 13.2 Å². The van der Waals surface area contributed by atoms with Crippen LogP contribution in [-0.2, 0) is 0 Å². The lowest BCUT2D eigenvalue weighted by molar-refractivity contribution is -0.185. The molecule has 2 aliphatic rings. The van der Waals surface area contributed by atoms with Gasteiger partial charge in [-0.05, 0) is 49.9 Å². The van der Waals surface area contributed by atoms with Crippen molar-refractivity contribution in [2.24, 2.45) is 11.3 Å². The molecular weight excluding hydrogens is 235 g/mol. The van der Waals surface area contributed by atoms with Crippen molar-refractivity contribution >= 4 is 12.6 Å². The van der Waals surface area contributed by atoms with E-state index in [2.05, 4.69) is 17.5 Å². The summed E-state index contributed by atoms with van der Waals surface area (Å²) in [5.41, 5.74) is 0.328. The number of halogens is 3. The Balaban J connectivity index is 1.77. The Bertz CT molecular complexity index is 242. The molecule has 0 atom stereocenters. The standard InChI is InChI=1S/C11H18F3NS/c12-11(13,14)9-1-5-15(6-2-9)7-10(8-16)3-4-10/h9,16H,1-8H2. The van der Waals surface area contributed by atoms with Crippen molar-refractivity contribution in [1.29, 1.82) is 0 Å². The highest BCUT2D eigenvalue weighted by Crippen LogP contribution is 2.47. The molecule has 1 saturated carbocycles. The molecular formula is C11H18F3NS. The van der Waals surface area contributed by atoms with Crippen molar-refractivity contribution in [3.8, 4) is 0 Å². The Labute approximate surface area is 99.8 Å². The number of nitrogens with zero attached hydrogens (tertiary/aromatic N) is 1. The van der Waals surface area contributed by atoms with Gasteiger partial charge in [-0.25, -0.2) is 0 Å². The van der Waals surface area contributed by atoms with Crippen molar-refractivity contribution in [3.63, 3.8) is 0 Å². The van der Waals surface area contributed by atoms with E-state index in [1.807, 2.05) is 0 Å². The van der Waals surface area contributed by atoms with Crippen LogP contribution in [-0.4, -0.2) is 36.5 Å². The quantitative estimate of drug-likeness (QED) is 0.757. The first-order valence-corrected chi connectivity index (χ1v) is 6.48. The minimum atomic E-state index is -3.99. The number of hydrogen-bond acceptors (Lipinski definition) is 2. The minimum absolute atomic E-state index is 0.270. The normalized spacial score (nSPS) is 27.0. The summed E-state index contributed by atoms with van der Waals surface area (Å²) in [5.74, 6) is -0.207. The van der Waals surface area contributed by atoms with Crippen LogP contribution >= 0.6 is 12.6 Å². The van der Waals surface area contributed by atoms with Gasteiger partial charge in [-0.15, -0.1) is 0 Å². The van der Waals surface area contributed by atoms with Crippen LogP contribution < -0.4 is 0 Å². The summed E-state index contributed by atoms with van der Waals surface area (Å²) in [7, 11) is 0. The Kier molecular flexibility index (Phi) is 3.46. The highest BCUT2D eigenvalue weighted by Gasteiger charge is 2.45. The SMILES string of the molecule is FC(F)(F)C1CCN(CC2(CS)CC2)CC1. The molecule has 0 aromatic rings. The third-order valence-corrected chi connectivity index (χ3v) is 4.57. The monoisotopic (exact) mass is 253 g/mol. The molecule has 2 rings (SSSR count). The molecule has 0 spiro atoms. The average molecular weight is 253 g/mol. The van der Waals surface area contributed by atoms with Crippen molar-refractivity contribution in [2.45, 2.75) is 31.9 Å². The fraction of sp³-hybridized carbons (Fsp3) is 1.00. The van der Waals surface area contributed by atoms with Gasteiger partial charge in [-0.1, -0.05) is 0 Å². The number of alkyl halides is 3. The van der Waals surface area contributed by atoms with E-state index in [-0.39, 0.29) is 12.8 Å². The number of likely N-dealkylation sites (tertiary alicyclic amines) is 1. The van der Waals surface area contributed by atoms with Gasteiger partial charge in [0.2, 0.25) is 0 Å². The van der Waals surface area contributed by atoms with Gasteiger partial charge in [0.25, 0.3) is 0 Å². The van der Waals surface area contributed by atoms with E-state index < -0.39 is 12.1 Å². The lowest BCUT2D eigenvalue weighted by Gasteiger charge is -2.34. The largest absolute Gasteiger partial charge is 0.391 e. The van der Waals surface area contributed by atoms with Gasteiger partial charge in [0.05, 0.1) is 5.92 Å². The van der Waals surface area contributed by atoms with Gasteiger partial charge in [-0.3, -0.25) is 0 Å². The maximum Gasteiger partial charge on any atom is 0.391 e.